The molecule has 8 rings (SSSR count). The topological polar surface area (TPSA) is 0 Å². The van der Waals surface area contributed by atoms with Crippen LogP contribution in [-0.4, -0.2) is 0 Å². The van der Waals surface area contributed by atoms with Crippen LogP contribution in [-0.2, 0) is 0 Å². The van der Waals surface area contributed by atoms with E-state index in [1.54, 1.807) is 0 Å². The Balaban J connectivity index is 1.46. The molecule has 0 aromatic carbocycles. The first kappa shape index (κ1) is 16.1. The fourth-order valence-electron chi connectivity index (χ4n) is 10.7. The Morgan fingerprint density at radius 3 is 1.88 bits per heavy atom. The Bertz CT molecular complexity index is 720. The van der Waals surface area contributed by atoms with Gasteiger partial charge >= 0.3 is 0 Å². The zero-order valence-electron chi connectivity index (χ0n) is 16.7. The van der Waals surface area contributed by atoms with Crippen LogP contribution in [0, 0.1) is 75.4 Å². The first-order valence-electron chi connectivity index (χ1n) is 11.5. The molecule has 138 valence electrons. The first-order chi connectivity index (χ1) is 12.6. The van der Waals surface area contributed by atoms with Crippen molar-refractivity contribution in [3.8, 4) is 23.7 Å². The van der Waals surface area contributed by atoms with Crippen LogP contribution in [0.5, 0.6) is 0 Å². The van der Waals surface area contributed by atoms with Crippen LogP contribution in [0.15, 0.2) is 0 Å². The molecule has 0 aromatic rings. The molecule has 8 fully saturated rings. The van der Waals surface area contributed by atoms with Crippen molar-refractivity contribution in [1.82, 2.24) is 0 Å². The molecular formula is C26H34. The zero-order chi connectivity index (χ0) is 17.6. The third-order valence-electron chi connectivity index (χ3n) is 9.84. The van der Waals surface area contributed by atoms with Crippen molar-refractivity contribution in [1.29, 1.82) is 0 Å². The van der Waals surface area contributed by atoms with Gasteiger partial charge in [0.05, 0.1) is 0 Å². The smallest absolute Gasteiger partial charge is 0.0355 e. The third-order valence-corrected chi connectivity index (χ3v) is 9.84. The molecule has 0 nitrogen and oxygen atoms in total. The fraction of sp³-hybridized carbons (Fsp3) is 0.846. The van der Waals surface area contributed by atoms with Gasteiger partial charge in [-0.25, -0.2) is 0 Å². The number of hydrogen-bond acceptors (Lipinski definition) is 0. The molecule has 0 heteroatoms. The monoisotopic (exact) mass is 346 g/mol. The molecule has 5 unspecified atom stereocenters. The second kappa shape index (κ2) is 5.13. The number of rotatable bonds is 1. The molecular weight excluding hydrogens is 312 g/mol. The summed E-state index contributed by atoms with van der Waals surface area (Å²) in [4.78, 5) is 0. The molecule has 0 saturated heterocycles. The summed E-state index contributed by atoms with van der Waals surface area (Å²) in [6.07, 6.45) is 16.3. The molecule has 8 aliphatic rings. The van der Waals surface area contributed by atoms with Crippen molar-refractivity contribution in [2.75, 3.05) is 0 Å². The molecule has 0 aliphatic heterocycles. The summed E-state index contributed by atoms with van der Waals surface area (Å²) >= 11 is 0. The normalized spacial score (nSPS) is 58.1. The second-order valence-electron chi connectivity index (χ2n) is 11.6. The third kappa shape index (κ3) is 2.00. The Labute approximate surface area is 160 Å². The summed E-state index contributed by atoms with van der Waals surface area (Å²) in [5.41, 5.74) is 1.36. The van der Waals surface area contributed by atoms with Crippen molar-refractivity contribution < 1.29 is 0 Å². The van der Waals surface area contributed by atoms with E-state index in [-0.39, 0.29) is 0 Å². The van der Waals surface area contributed by atoms with E-state index < -0.39 is 0 Å². The summed E-state index contributed by atoms with van der Waals surface area (Å²) in [7, 11) is 0. The van der Waals surface area contributed by atoms with E-state index in [2.05, 4.69) is 37.5 Å². The lowest BCUT2D eigenvalue weighted by atomic mass is 9.33. The molecule has 0 amide bonds. The summed E-state index contributed by atoms with van der Waals surface area (Å²) in [5, 5.41) is 0. The largest absolute Gasteiger partial charge is 0.106 e. The van der Waals surface area contributed by atoms with Crippen LogP contribution < -0.4 is 0 Å². The summed E-state index contributed by atoms with van der Waals surface area (Å²) < 4.78 is 0. The lowest BCUT2D eigenvalue weighted by molar-refractivity contribution is -0.198. The fourth-order valence-corrected chi connectivity index (χ4v) is 10.7. The minimum Gasteiger partial charge on any atom is -0.106 e. The van der Waals surface area contributed by atoms with Crippen molar-refractivity contribution in [2.45, 2.75) is 84.5 Å². The molecule has 0 radical (unpaired) electrons. The van der Waals surface area contributed by atoms with Gasteiger partial charge < -0.3 is 0 Å². The van der Waals surface area contributed by atoms with Gasteiger partial charge in [0.2, 0.25) is 0 Å². The van der Waals surface area contributed by atoms with Gasteiger partial charge in [0, 0.05) is 10.8 Å². The molecule has 5 atom stereocenters. The Morgan fingerprint density at radius 2 is 1.27 bits per heavy atom. The highest BCUT2D eigenvalue weighted by Gasteiger charge is 2.67. The number of hydrogen-bond donors (Lipinski definition) is 0. The van der Waals surface area contributed by atoms with Crippen molar-refractivity contribution in [3.05, 3.63) is 0 Å². The zero-order valence-corrected chi connectivity index (χ0v) is 16.7. The van der Waals surface area contributed by atoms with Crippen molar-refractivity contribution in [3.63, 3.8) is 0 Å². The van der Waals surface area contributed by atoms with Gasteiger partial charge in [-0.2, -0.15) is 0 Å². The minimum atomic E-state index is 0.383. The average Bonchev–Trinajstić information content (AvgIpc) is 2.51. The predicted octanol–water partition coefficient (Wildman–Crippen LogP) is 6.06. The highest BCUT2D eigenvalue weighted by atomic mass is 14.7. The lowest BCUT2D eigenvalue weighted by Crippen LogP contribution is -2.63. The molecule has 0 spiro atoms. The summed E-state index contributed by atoms with van der Waals surface area (Å²) in [5.74, 6) is 20.4. The van der Waals surface area contributed by atoms with Gasteiger partial charge in [0.25, 0.3) is 0 Å². The van der Waals surface area contributed by atoms with E-state index in [4.69, 9.17) is 0 Å². The second-order valence-corrected chi connectivity index (χ2v) is 11.6. The highest BCUT2D eigenvalue weighted by Crippen LogP contribution is 2.75. The van der Waals surface area contributed by atoms with Crippen LogP contribution in [0.25, 0.3) is 0 Å². The van der Waals surface area contributed by atoms with E-state index in [0.717, 1.165) is 35.5 Å². The van der Waals surface area contributed by atoms with Gasteiger partial charge in [-0.3, -0.25) is 0 Å². The van der Waals surface area contributed by atoms with Crippen LogP contribution in [0.1, 0.15) is 84.5 Å². The SMILES string of the molecule is CC#CC12CC3CC(C1)CC(C1C4CC5CC(C4)CC1(C#CC)C5)(C3)C2. The Hall–Kier alpha value is -0.880. The quantitative estimate of drug-likeness (QED) is 0.506. The molecule has 26 heavy (non-hydrogen) atoms. The molecule has 8 saturated carbocycles. The minimum absolute atomic E-state index is 0.383. The van der Waals surface area contributed by atoms with Gasteiger partial charge in [-0.1, -0.05) is 11.8 Å². The standard InChI is InChI=1S/C26H34/c1-3-5-24-11-20-8-21(12-24)16-26(15-20,17-24)23-22-9-18-7-19(10-22)14-25(23,13-18)6-4-2/h18-23H,7-17H2,1-2H3. The van der Waals surface area contributed by atoms with E-state index in [1.807, 2.05) is 0 Å². The maximum atomic E-state index is 3.92. The van der Waals surface area contributed by atoms with Crippen LogP contribution >= 0.6 is 0 Å². The molecule has 0 aromatic heterocycles. The summed E-state index contributed by atoms with van der Waals surface area (Å²) in [6, 6.07) is 0. The Kier molecular flexibility index (Phi) is 3.18. The van der Waals surface area contributed by atoms with Crippen LogP contribution in [0.4, 0.5) is 0 Å². The predicted molar refractivity (Wildman–Crippen MR) is 106 cm³/mol. The van der Waals surface area contributed by atoms with Gasteiger partial charge in [0.15, 0.2) is 0 Å². The Morgan fingerprint density at radius 1 is 0.654 bits per heavy atom. The van der Waals surface area contributed by atoms with E-state index in [1.165, 1.54) is 70.6 Å². The van der Waals surface area contributed by atoms with Crippen LogP contribution in [0.3, 0.4) is 0 Å². The molecule has 8 bridgehead atoms. The maximum Gasteiger partial charge on any atom is 0.0355 e. The summed E-state index contributed by atoms with van der Waals surface area (Å²) in [6.45, 7) is 4.19. The highest BCUT2D eigenvalue weighted by molar-refractivity contribution is 5.28. The van der Waals surface area contributed by atoms with E-state index in [0.29, 0.717) is 16.2 Å². The van der Waals surface area contributed by atoms with Gasteiger partial charge in [0.1, 0.15) is 0 Å². The van der Waals surface area contributed by atoms with E-state index >= 15 is 0 Å². The first-order valence-corrected chi connectivity index (χ1v) is 11.5. The van der Waals surface area contributed by atoms with Gasteiger partial charge in [-0.05, 0) is 125 Å². The maximum absolute atomic E-state index is 3.92. The molecule has 8 aliphatic carbocycles. The molecule has 0 N–H and O–H groups in total. The van der Waals surface area contributed by atoms with Crippen molar-refractivity contribution >= 4 is 0 Å². The van der Waals surface area contributed by atoms with Crippen molar-refractivity contribution in [2.24, 2.45) is 51.8 Å². The average molecular weight is 347 g/mol. The lowest BCUT2D eigenvalue weighted by Gasteiger charge is -2.70. The molecule has 0 heterocycles. The van der Waals surface area contributed by atoms with E-state index in [9.17, 15) is 0 Å². The van der Waals surface area contributed by atoms with Gasteiger partial charge in [-0.15, -0.1) is 11.8 Å². The van der Waals surface area contributed by atoms with Crippen LogP contribution in [0.2, 0.25) is 0 Å².